The lowest BCUT2D eigenvalue weighted by Crippen LogP contribution is -2.29. The number of thiazole rings is 1. The van der Waals surface area contributed by atoms with Crippen molar-refractivity contribution < 1.29 is 33.7 Å². The molecular weight excluding hydrogens is 472 g/mol. The van der Waals surface area contributed by atoms with Crippen LogP contribution in [0.2, 0.25) is 0 Å². The van der Waals surface area contributed by atoms with E-state index in [2.05, 4.69) is 4.98 Å². The minimum absolute atomic E-state index is 0.110. The summed E-state index contributed by atoms with van der Waals surface area (Å²) in [5.41, 5.74) is 1.10. The number of esters is 1. The largest absolute Gasteiger partial charge is 0.507 e. The lowest BCUT2D eigenvalue weighted by Gasteiger charge is -2.23. The Bertz CT molecular complexity index is 1350. The summed E-state index contributed by atoms with van der Waals surface area (Å²) in [5, 5.41) is 11.3. The first-order valence-corrected chi connectivity index (χ1v) is 11.3. The lowest BCUT2D eigenvalue weighted by molar-refractivity contribution is -0.132. The van der Waals surface area contributed by atoms with Gasteiger partial charge in [0.05, 0.1) is 38.6 Å². The number of hydrogen-bond donors (Lipinski definition) is 1. The third kappa shape index (κ3) is 4.12. The molecule has 1 aliphatic rings. The molecule has 1 N–H and O–H groups in total. The second-order valence-electron chi connectivity index (χ2n) is 7.55. The monoisotopic (exact) mass is 494 g/mol. The molecular formula is C25H22N2O7S. The van der Waals surface area contributed by atoms with E-state index in [4.69, 9.17) is 14.2 Å². The first-order valence-electron chi connectivity index (χ1n) is 10.5. The van der Waals surface area contributed by atoms with E-state index in [1.165, 1.54) is 26.2 Å². The number of carbonyl (C=O) groups is 3. The Morgan fingerprint density at radius 1 is 1.03 bits per heavy atom. The zero-order chi connectivity index (χ0) is 25.3. The van der Waals surface area contributed by atoms with E-state index in [9.17, 15) is 19.5 Å². The van der Waals surface area contributed by atoms with Gasteiger partial charge in [0, 0.05) is 5.56 Å². The number of aliphatic hydroxyl groups is 1. The molecule has 0 bridgehead atoms. The van der Waals surface area contributed by atoms with Gasteiger partial charge in [0.2, 0.25) is 0 Å². The second kappa shape index (κ2) is 9.59. The maximum absolute atomic E-state index is 13.3. The van der Waals surface area contributed by atoms with Crippen molar-refractivity contribution >= 4 is 39.9 Å². The van der Waals surface area contributed by atoms with Gasteiger partial charge in [0.15, 0.2) is 16.6 Å². The van der Waals surface area contributed by atoms with Gasteiger partial charge in [0.25, 0.3) is 5.78 Å². The highest BCUT2D eigenvalue weighted by Crippen LogP contribution is 2.45. The molecule has 2 heterocycles. The number of rotatable bonds is 6. The molecule has 1 aliphatic heterocycles. The Morgan fingerprint density at radius 3 is 2.34 bits per heavy atom. The number of aliphatic hydroxyl groups excluding tert-OH is 1. The van der Waals surface area contributed by atoms with Crippen LogP contribution in [0.25, 0.3) is 5.76 Å². The Hall–Kier alpha value is -4.18. The van der Waals surface area contributed by atoms with Crippen molar-refractivity contribution in [1.82, 2.24) is 4.98 Å². The smallest absolute Gasteiger partial charge is 0.350 e. The van der Waals surface area contributed by atoms with Crippen molar-refractivity contribution in [3.05, 3.63) is 75.8 Å². The molecule has 2 aromatic carbocycles. The van der Waals surface area contributed by atoms with Crippen molar-refractivity contribution in [2.24, 2.45) is 0 Å². The Morgan fingerprint density at radius 2 is 1.71 bits per heavy atom. The first-order chi connectivity index (χ1) is 16.8. The number of aryl methyl sites for hydroxylation is 1. The molecule has 1 aromatic heterocycles. The molecule has 1 atom stereocenters. The summed E-state index contributed by atoms with van der Waals surface area (Å²) in [6, 6.07) is 12.4. The van der Waals surface area contributed by atoms with Crippen molar-refractivity contribution in [3.63, 3.8) is 0 Å². The fourth-order valence-electron chi connectivity index (χ4n) is 3.89. The molecule has 4 rings (SSSR count). The zero-order valence-electron chi connectivity index (χ0n) is 19.4. The van der Waals surface area contributed by atoms with Gasteiger partial charge in [-0.05, 0) is 24.6 Å². The maximum Gasteiger partial charge on any atom is 0.350 e. The summed E-state index contributed by atoms with van der Waals surface area (Å²) in [6.45, 7) is 1.61. The molecule has 1 fully saturated rings. The van der Waals surface area contributed by atoms with Crippen molar-refractivity contribution in [2.45, 2.75) is 13.0 Å². The summed E-state index contributed by atoms with van der Waals surface area (Å²) in [5.74, 6) is -1.86. The van der Waals surface area contributed by atoms with Gasteiger partial charge in [-0.15, -0.1) is 0 Å². The molecule has 10 heteroatoms. The number of benzene rings is 2. The molecule has 3 aromatic rings. The maximum atomic E-state index is 13.3. The quantitative estimate of drug-likeness (QED) is 0.238. The fraction of sp³-hybridized carbons (Fsp3) is 0.200. The van der Waals surface area contributed by atoms with E-state index >= 15 is 0 Å². The van der Waals surface area contributed by atoms with Crippen LogP contribution in [-0.4, -0.2) is 49.1 Å². The number of methoxy groups -OCH3 is 3. The lowest BCUT2D eigenvalue weighted by atomic mass is 9.95. The number of nitrogens with zero attached hydrogens (tertiary/aromatic N) is 2. The van der Waals surface area contributed by atoms with Gasteiger partial charge in [-0.25, -0.2) is 9.78 Å². The van der Waals surface area contributed by atoms with E-state index in [1.54, 1.807) is 55.5 Å². The predicted molar refractivity (Wildman–Crippen MR) is 129 cm³/mol. The molecule has 0 radical (unpaired) electrons. The van der Waals surface area contributed by atoms with Crippen LogP contribution in [-0.2, 0) is 14.3 Å². The Labute approximate surface area is 205 Å². The first kappa shape index (κ1) is 24.0. The standard InChI is InChI=1S/C25H22N2O7S/c1-13-22(24(31)34-4)35-25(26-13)27-19(15-10-11-16(32-2)17(12-15)33-3)18(21(29)23(27)30)20(28)14-8-6-5-7-9-14/h5-12,19,28H,1-4H3/b20-18-. The van der Waals surface area contributed by atoms with Crippen molar-refractivity contribution in [1.29, 1.82) is 0 Å². The van der Waals surface area contributed by atoms with Gasteiger partial charge in [-0.2, -0.15) is 0 Å². The topological polar surface area (TPSA) is 115 Å². The number of anilines is 1. The van der Waals surface area contributed by atoms with Crippen LogP contribution < -0.4 is 14.4 Å². The van der Waals surface area contributed by atoms with Crippen LogP contribution in [0.4, 0.5) is 5.13 Å². The van der Waals surface area contributed by atoms with Crippen LogP contribution in [0.3, 0.4) is 0 Å². The van der Waals surface area contributed by atoms with Crippen LogP contribution in [0.5, 0.6) is 11.5 Å². The molecule has 0 saturated carbocycles. The zero-order valence-corrected chi connectivity index (χ0v) is 20.2. The van der Waals surface area contributed by atoms with Crippen LogP contribution in [0, 0.1) is 6.92 Å². The number of ketones is 1. The minimum Gasteiger partial charge on any atom is -0.507 e. The fourth-order valence-corrected chi connectivity index (χ4v) is 4.90. The third-order valence-corrected chi connectivity index (χ3v) is 6.71. The molecule has 1 amide bonds. The number of carbonyl (C=O) groups excluding carboxylic acids is 3. The minimum atomic E-state index is -1.04. The molecule has 1 unspecified atom stereocenters. The highest BCUT2D eigenvalue weighted by atomic mass is 32.1. The van der Waals surface area contributed by atoms with Gasteiger partial charge in [-0.1, -0.05) is 47.7 Å². The molecule has 1 saturated heterocycles. The summed E-state index contributed by atoms with van der Waals surface area (Å²) < 4.78 is 15.5. The summed E-state index contributed by atoms with van der Waals surface area (Å²) in [7, 11) is 4.21. The SMILES string of the molecule is COC(=O)c1sc(N2C(=O)C(=O)/C(=C(\O)c3ccccc3)C2c2ccc(OC)c(OC)c2)nc1C. The average molecular weight is 495 g/mol. The van der Waals surface area contributed by atoms with E-state index in [0.29, 0.717) is 28.3 Å². The molecule has 0 spiro atoms. The van der Waals surface area contributed by atoms with Gasteiger partial charge >= 0.3 is 11.9 Å². The Kier molecular flexibility index (Phi) is 6.57. The van der Waals surface area contributed by atoms with E-state index in [1.807, 2.05) is 0 Å². The van der Waals surface area contributed by atoms with Crippen LogP contribution in [0.1, 0.15) is 32.5 Å². The molecule has 35 heavy (non-hydrogen) atoms. The summed E-state index contributed by atoms with van der Waals surface area (Å²) in [6.07, 6.45) is 0. The molecule has 180 valence electrons. The second-order valence-corrected chi connectivity index (χ2v) is 8.53. The van der Waals surface area contributed by atoms with E-state index < -0.39 is 23.7 Å². The van der Waals surface area contributed by atoms with E-state index in [0.717, 1.165) is 11.3 Å². The summed E-state index contributed by atoms with van der Waals surface area (Å²) >= 11 is 0.928. The molecule has 9 nitrogen and oxygen atoms in total. The number of ether oxygens (including phenoxy) is 3. The number of amides is 1. The average Bonchev–Trinajstić information content (AvgIpc) is 3.39. The van der Waals surface area contributed by atoms with Gasteiger partial charge < -0.3 is 19.3 Å². The van der Waals surface area contributed by atoms with Crippen LogP contribution >= 0.6 is 11.3 Å². The van der Waals surface area contributed by atoms with Crippen molar-refractivity contribution in [2.75, 3.05) is 26.2 Å². The van der Waals surface area contributed by atoms with Crippen molar-refractivity contribution in [3.8, 4) is 11.5 Å². The highest BCUT2D eigenvalue weighted by Gasteiger charge is 2.48. The van der Waals surface area contributed by atoms with Gasteiger partial charge in [-0.3, -0.25) is 14.5 Å². The highest BCUT2D eigenvalue weighted by molar-refractivity contribution is 7.17. The van der Waals surface area contributed by atoms with E-state index in [-0.39, 0.29) is 21.3 Å². The Balaban J connectivity index is 1.96. The summed E-state index contributed by atoms with van der Waals surface area (Å²) in [4.78, 5) is 44.5. The number of hydrogen-bond acceptors (Lipinski definition) is 9. The number of Topliss-reactive ketones (excluding diaryl/α,β-unsaturated/α-hetero) is 1. The third-order valence-electron chi connectivity index (χ3n) is 5.58. The normalized spacial score (nSPS) is 16.9. The number of aromatic nitrogens is 1. The van der Waals surface area contributed by atoms with Gasteiger partial charge in [0.1, 0.15) is 10.6 Å². The predicted octanol–water partition coefficient (Wildman–Crippen LogP) is 3.88. The molecule has 0 aliphatic carbocycles. The van der Waals surface area contributed by atoms with Crippen LogP contribution in [0.15, 0.2) is 54.1 Å².